The fraction of sp³-hybridized carbons (Fsp3) is 0.133. The van der Waals surface area contributed by atoms with E-state index in [9.17, 15) is 14.3 Å². The summed E-state index contributed by atoms with van der Waals surface area (Å²) in [5.74, 6) is -0.648. The minimum absolute atomic E-state index is 0.0667. The minimum atomic E-state index is -0.292. The van der Waals surface area contributed by atoms with Crippen LogP contribution in [0.25, 0.3) is 0 Å². The van der Waals surface area contributed by atoms with Gasteiger partial charge in [0.05, 0.1) is 5.02 Å². The van der Waals surface area contributed by atoms with Gasteiger partial charge in [-0.05, 0) is 42.3 Å². The highest BCUT2D eigenvalue weighted by molar-refractivity contribution is 6.32. The Kier molecular flexibility index (Phi) is 4.58. The van der Waals surface area contributed by atoms with E-state index in [4.69, 9.17) is 11.6 Å². The molecule has 5 heteroatoms. The van der Waals surface area contributed by atoms with Crippen LogP contribution >= 0.6 is 11.6 Å². The second-order valence-corrected chi connectivity index (χ2v) is 4.71. The summed E-state index contributed by atoms with van der Waals surface area (Å²) in [5.41, 5.74) is 1.18. The Morgan fingerprint density at radius 3 is 2.75 bits per heavy atom. The molecule has 0 aliphatic carbocycles. The molecule has 0 saturated heterocycles. The number of hydrogen-bond acceptors (Lipinski definition) is 2. The van der Waals surface area contributed by atoms with Crippen molar-refractivity contribution in [1.29, 1.82) is 0 Å². The summed E-state index contributed by atoms with van der Waals surface area (Å²) in [7, 11) is 0. The van der Waals surface area contributed by atoms with Crippen molar-refractivity contribution in [2.24, 2.45) is 0 Å². The number of halogens is 2. The van der Waals surface area contributed by atoms with Crippen molar-refractivity contribution in [2.75, 3.05) is 6.54 Å². The summed E-state index contributed by atoms with van der Waals surface area (Å²) >= 11 is 5.73. The van der Waals surface area contributed by atoms with Crippen molar-refractivity contribution >= 4 is 17.5 Å². The van der Waals surface area contributed by atoms with Gasteiger partial charge in [-0.15, -0.1) is 0 Å². The van der Waals surface area contributed by atoms with Crippen molar-refractivity contribution in [3.8, 4) is 5.75 Å². The molecule has 2 aromatic rings. The lowest BCUT2D eigenvalue weighted by Gasteiger charge is -2.06. The molecule has 2 rings (SSSR count). The van der Waals surface area contributed by atoms with Crippen LogP contribution in [0.2, 0.25) is 5.02 Å². The molecule has 0 radical (unpaired) electrons. The van der Waals surface area contributed by atoms with Crippen LogP contribution in [0.5, 0.6) is 5.75 Å². The molecule has 0 unspecified atom stereocenters. The minimum Gasteiger partial charge on any atom is -0.506 e. The van der Waals surface area contributed by atoms with E-state index in [2.05, 4.69) is 5.32 Å². The predicted octanol–water partition coefficient (Wildman–Crippen LogP) is 3.16. The van der Waals surface area contributed by atoms with Crippen molar-refractivity contribution in [3.63, 3.8) is 0 Å². The maximum atomic E-state index is 13.0. The number of carbonyl (C=O) groups excluding carboxylic acids is 1. The third-order valence-electron chi connectivity index (χ3n) is 2.80. The molecular formula is C15H13ClFNO2. The zero-order chi connectivity index (χ0) is 14.5. The zero-order valence-electron chi connectivity index (χ0n) is 10.6. The first-order valence-corrected chi connectivity index (χ1v) is 6.45. The standard InChI is InChI=1S/C15H13ClFNO2/c16-13-9-11(4-5-14(13)19)15(20)18-7-6-10-2-1-3-12(17)8-10/h1-5,8-9,19H,6-7H2,(H,18,20). The van der Waals surface area contributed by atoms with E-state index >= 15 is 0 Å². The smallest absolute Gasteiger partial charge is 0.251 e. The lowest BCUT2D eigenvalue weighted by molar-refractivity contribution is 0.0954. The summed E-state index contributed by atoms with van der Waals surface area (Å²) in [6.45, 7) is 0.390. The largest absolute Gasteiger partial charge is 0.506 e. The first kappa shape index (κ1) is 14.3. The van der Waals surface area contributed by atoms with Crippen LogP contribution in [0, 0.1) is 5.82 Å². The lowest BCUT2D eigenvalue weighted by Crippen LogP contribution is -2.25. The molecule has 20 heavy (non-hydrogen) atoms. The van der Waals surface area contributed by atoms with Gasteiger partial charge in [-0.2, -0.15) is 0 Å². The Bertz CT molecular complexity index is 631. The van der Waals surface area contributed by atoms with Crippen molar-refractivity contribution < 1.29 is 14.3 Å². The molecule has 0 atom stereocenters. The second kappa shape index (κ2) is 6.39. The van der Waals surface area contributed by atoms with Gasteiger partial charge in [-0.1, -0.05) is 23.7 Å². The van der Waals surface area contributed by atoms with Gasteiger partial charge in [0.1, 0.15) is 11.6 Å². The average molecular weight is 294 g/mol. The number of hydrogen-bond donors (Lipinski definition) is 2. The van der Waals surface area contributed by atoms with Gasteiger partial charge in [0.2, 0.25) is 0 Å². The highest BCUT2D eigenvalue weighted by atomic mass is 35.5. The number of amides is 1. The van der Waals surface area contributed by atoms with E-state index in [0.717, 1.165) is 5.56 Å². The Morgan fingerprint density at radius 2 is 2.05 bits per heavy atom. The van der Waals surface area contributed by atoms with E-state index in [0.29, 0.717) is 18.5 Å². The molecule has 2 N–H and O–H groups in total. The van der Waals surface area contributed by atoms with Gasteiger partial charge in [0.15, 0.2) is 0 Å². The van der Waals surface area contributed by atoms with Gasteiger partial charge in [-0.3, -0.25) is 4.79 Å². The Morgan fingerprint density at radius 1 is 1.25 bits per heavy atom. The molecule has 1 amide bonds. The summed E-state index contributed by atoms with van der Waals surface area (Å²) < 4.78 is 13.0. The van der Waals surface area contributed by atoms with Crippen LogP contribution in [-0.2, 0) is 6.42 Å². The predicted molar refractivity (Wildman–Crippen MR) is 75.6 cm³/mol. The van der Waals surface area contributed by atoms with Crippen molar-refractivity contribution in [3.05, 3.63) is 64.4 Å². The molecule has 3 nitrogen and oxygen atoms in total. The topological polar surface area (TPSA) is 49.3 Å². The normalized spacial score (nSPS) is 10.3. The summed E-state index contributed by atoms with van der Waals surface area (Å²) in [4.78, 5) is 11.8. The van der Waals surface area contributed by atoms with E-state index in [1.54, 1.807) is 12.1 Å². The number of aromatic hydroxyl groups is 1. The number of rotatable bonds is 4. The quantitative estimate of drug-likeness (QED) is 0.910. The van der Waals surface area contributed by atoms with Crippen LogP contribution in [0.15, 0.2) is 42.5 Å². The monoisotopic (exact) mass is 293 g/mol. The first-order valence-electron chi connectivity index (χ1n) is 6.07. The van der Waals surface area contributed by atoms with Gasteiger partial charge in [-0.25, -0.2) is 4.39 Å². The highest BCUT2D eigenvalue weighted by Gasteiger charge is 2.07. The third-order valence-corrected chi connectivity index (χ3v) is 3.10. The Balaban J connectivity index is 1.90. The number of benzene rings is 2. The summed E-state index contributed by atoms with van der Waals surface area (Å²) in [6, 6.07) is 10.5. The summed E-state index contributed by atoms with van der Waals surface area (Å²) in [5, 5.41) is 12.1. The Hall–Kier alpha value is -2.07. The van der Waals surface area contributed by atoms with E-state index in [-0.39, 0.29) is 22.5 Å². The zero-order valence-corrected chi connectivity index (χ0v) is 11.3. The van der Waals surface area contributed by atoms with Crippen molar-refractivity contribution in [1.82, 2.24) is 5.32 Å². The molecule has 0 aliphatic rings. The molecule has 0 heterocycles. The molecule has 2 aromatic carbocycles. The molecule has 0 spiro atoms. The van der Waals surface area contributed by atoms with E-state index in [1.165, 1.54) is 30.3 Å². The number of nitrogens with one attached hydrogen (secondary N) is 1. The maximum Gasteiger partial charge on any atom is 0.251 e. The van der Waals surface area contributed by atoms with Crippen LogP contribution in [0.1, 0.15) is 15.9 Å². The molecule has 0 bridgehead atoms. The van der Waals surface area contributed by atoms with Crippen LogP contribution in [0.3, 0.4) is 0 Å². The van der Waals surface area contributed by atoms with Crippen LogP contribution in [0.4, 0.5) is 4.39 Å². The Labute approximate surface area is 121 Å². The lowest BCUT2D eigenvalue weighted by atomic mass is 10.1. The first-order chi connectivity index (χ1) is 9.56. The maximum absolute atomic E-state index is 13.0. The molecule has 0 saturated carbocycles. The van der Waals surface area contributed by atoms with Crippen molar-refractivity contribution in [2.45, 2.75) is 6.42 Å². The fourth-order valence-electron chi connectivity index (χ4n) is 1.76. The fourth-order valence-corrected chi connectivity index (χ4v) is 1.94. The van der Waals surface area contributed by atoms with E-state index in [1.807, 2.05) is 0 Å². The molecule has 0 aliphatic heterocycles. The second-order valence-electron chi connectivity index (χ2n) is 4.30. The third kappa shape index (κ3) is 3.71. The number of phenols is 1. The molecule has 0 fully saturated rings. The van der Waals surface area contributed by atoms with Crippen LogP contribution in [-0.4, -0.2) is 17.6 Å². The van der Waals surface area contributed by atoms with Gasteiger partial charge < -0.3 is 10.4 Å². The molecule has 104 valence electrons. The summed E-state index contributed by atoms with van der Waals surface area (Å²) in [6.07, 6.45) is 0.537. The SMILES string of the molecule is O=C(NCCc1cccc(F)c1)c1ccc(O)c(Cl)c1. The number of carbonyl (C=O) groups is 1. The average Bonchev–Trinajstić information content (AvgIpc) is 2.42. The number of phenolic OH excluding ortho intramolecular Hbond substituents is 1. The molecule has 0 aromatic heterocycles. The highest BCUT2D eigenvalue weighted by Crippen LogP contribution is 2.23. The van der Waals surface area contributed by atoms with Crippen LogP contribution < -0.4 is 5.32 Å². The van der Waals surface area contributed by atoms with Gasteiger partial charge >= 0.3 is 0 Å². The van der Waals surface area contributed by atoms with Gasteiger partial charge in [0.25, 0.3) is 5.91 Å². The molecular weight excluding hydrogens is 281 g/mol. The van der Waals surface area contributed by atoms with Gasteiger partial charge in [0, 0.05) is 12.1 Å². The van der Waals surface area contributed by atoms with E-state index < -0.39 is 0 Å².